The largest absolute Gasteiger partial charge is 0.403 e. The maximum Gasteiger partial charge on any atom is 0.316 e. The summed E-state index contributed by atoms with van der Waals surface area (Å²) in [5.41, 5.74) is 2.06. The Morgan fingerprint density at radius 2 is 2.00 bits per heavy atom. The number of aliphatic hydroxyl groups excluding tert-OH is 1. The highest BCUT2D eigenvalue weighted by molar-refractivity contribution is 5.53. The Kier molecular flexibility index (Phi) is 3.39. The van der Waals surface area contributed by atoms with Crippen LogP contribution in [0.15, 0.2) is 28.7 Å². The summed E-state index contributed by atoms with van der Waals surface area (Å²) in [6, 6.07) is 8.05. The van der Waals surface area contributed by atoms with Crippen molar-refractivity contribution in [3.63, 3.8) is 0 Å². The Morgan fingerprint density at radius 3 is 2.65 bits per heavy atom. The van der Waals surface area contributed by atoms with Crippen molar-refractivity contribution in [3.8, 4) is 11.5 Å². The Morgan fingerprint density at radius 1 is 1.29 bits per heavy atom. The highest BCUT2D eigenvalue weighted by Gasteiger charge is 2.09. The van der Waals surface area contributed by atoms with E-state index < -0.39 is 0 Å². The van der Waals surface area contributed by atoms with Crippen LogP contribution in [0.3, 0.4) is 0 Å². The molecule has 0 spiro atoms. The van der Waals surface area contributed by atoms with E-state index in [9.17, 15) is 0 Å². The third-order valence-corrected chi connectivity index (χ3v) is 2.37. The molecule has 0 unspecified atom stereocenters. The maximum atomic E-state index is 8.90. The summed E-state index contributed by atoms with van der Waals surface area (Å²) in [6.45, 7) is 3.87. The van der Waals surface area contributed by atoms with Gasteiger partial charge in [0, 0.05) is 5.56 Å². The van der Waals surface area contributed by atoms with E-state index in [1.165, 1.54) is 5.56 Å². The molecule has 1 heterocycles. The van der Waals surface area contributed by atoms with Gasteiger partial charge in [0.2, 0.25) is 5.89 Å². The Hall–Kier alpha value is -1.88. The minimum absolute atomic E-state index is 0.0161. The molecular formula is C12H15N3O2. The number of aliphatic hydroxyl groups is 1. The van der Waals surface area contributed by atoms with Crippen LogP contribution in [0, 0.1) is 6.92 Å². The average molecular weight is 233 g/mol. The molecule has 0 fully saturated rings. The predicted molar refractivity (Wildman–Crippen MR) is 64.6 cm³/mol. The summed E-state index contributed by atoms with van der Waals surface area (Å²) in [6.07, 6.45) is 0. The number of nitrogens with zero attached hydrogens (tertiary/aromatic N) is 2. The molecule has 1 aromatic carbocycles. The molecule has 0 aliphatic heterocycles. The standard InChI is InChI=1S/C12H15N3O2/c1-8-3-5-10(6-4-8)11-14-15-12(17-11)13-9(2)7-16/h3-6,9,16H,7H2,1-2H3,(H,13,15)/t9-/m1/s1. The summed E-state index contributed by atoms with van der Waals surface area (Å²) in [5, 5.41) is 19.6. The first-order chi connectivity index (χ1) is 8.19. The third kappa shape index (κ3) is 2.82. The van der Waals surface area contributed by atoms with Crippen molar-refractivity contribution in [1.82, 2.24) is 10.2 Å². The van der Waals surface area contributed by atoms with Gasteiger partial charge in [0.1, 0.15) is 0 Å². The minimum atomic E-state index is -0.110. The van der Waals surface area contributed by atoms with Crippen LogP contribution in [-0.2, 0) is 0 Å². The van der Waals surface area contributed by atoms with E-state index in [2.05, 4.69) is 15.5 Å². The molecule has 2 rings (SSSR count). The van der Waals surface area contributed by atoms with Gasteiger partial charge in [0.05, 0.1) is 12.6 Å². The fraction of sp³-hybridized carbons (Fsp3) is 0.333. The van der Waals surface area contributed by atoms with Crippen LogP contribution in [0.2, 0.25) is 0 Å². The van der Waals surface area contributed by atoms with Crippen molar-refractivity contribution in [2.75, 3.05) is 11.9 Å². The second-order valence-electron chi connectivity index (χ2n) is 4.01. The first-order valence-corrected chi connectivity index (χ1v) is 5.47. The van der Waals surface area contributed by atoms with E-state index >= 15 is 0 Å². The van der Waals surface area contributed by atoms with Crippen LogP contribution in [-0.4, -0.2) is 28.0 Å². The zero-order chi connectivity index (χ0) is 12.3. The van der Waals surface area contributed by atoms with Gasteiger partial charge in [0.15, 0.2) is 0 Å². The fourth-order valence-electron chi connectivity index (χ4n) is 1.35. The number of rotatable bonds is 4. The second kappa shape index (κ2) is 4.97. The molecule has 1 atom stereocenters. The molecule has 0 radical (unpaired) electrons. The number of hydrogen-bond acceptors (Lipinski definition) is 5. The number of anilines is 1. The molecule has 0 aliphatic carbocycles. The van der Waals surface area contributed by atoms with Gasteiger partial charge in [-0.05, 0) is 26.0 Å². The second-order valence-corrected chi connectivity index (χ2v) is 4.01. The lowest BCUT2D eigenvalue weighted by Crippen LogP contribution is -2.19. The lowest BCUT2D eigenvalue weighted by molar-refractivity contribution is 0.279. The zero-order valence-electron chi connectivity index (χ0n) is 9.84. The highest BCUT2D eigenvalue weighted by Crippen LogP contribution is 2.20. The molecule has 2 N–H and O–H groups in total. The van der Waals surface area contributed by atoms with Crippen LogP contribution in [0.5, 0.6) is 0 Å². The average Bonchev–Trinajstić information content (AvgIpc) is 2.78. The van der Waals surface area contributed by atoms with Crippen molar-refractivity contribution < 1.29 is 9.52 Å². The van der Waals surface area contributed by atoms with Crippen molar-refractivity contribution in [1.29, 1.82) is 0 Å². The first-order valence-electron chi connectivity index (χ1n) is 5.47. The molecule has 1 aromatic heterocycles. The van der Waals surface area contributed by atoms with Crippen molar-refractivity contribution in [2.24, 2.45) is 0 Å². The van der Waals surface area contributed by atoms with Gasteiger partial charge in [-0.15, -0.1) is 5.10 Å². The summed E-state index contributed by atoms with van der Waals surface area (Å²) in [7, 11) is 0. The zero-order valence-corrected chi connectivity index (χ0v) is 9.84. The highest BCUT2D eigenvalue weighted by atomic mass is 16.4. The quantitative estimate of drug-likeness (QED) is 0.843. The molecule has 0 amide bonds. The minimum Gasteiger partial charge on any atom is -0.403 e. The van der Waals surface area contributed by atoms with Crippen molar-refractivity contribution in [3.05, 3.63) is 29.8 Å². The molecule has 90 valence electrons. The Bertz CT molecular complexity index is 479. The van der Waals surface area contributed by atoms with E-state index in [1.54, 1.807) is 0 Å². The lowest BCUT2D eigenvalue weighted by atomic mass is 10.1. The number of benzene rings is 1. The van der Waals surface area contributed by atoms with Crippen molar-refractivity contribution in [2.45, 2.75) is 19.9 Å². The molecule has 0 bridgehead atoms. The molecule has 0 saturated carbocycles. The number of aryl methyl sites for hydroxylation is 1. The first kappa shape index (κ1) is 11.6. The van der Waals surface area contributed by atoms with E-state index in [0.29, 0.717) is 11.9 Å². The van der Waals surface area contributed by atoms with Gasteiger partial charge in [-0.1, -0.05) is 22.8 Å². The van der Waals surface area contributed by atoms with E-state index in [0.717, 1.165) is 5.56 Å². The van der Waals surface area contributed by atoms with E-state index in [4.69, 9.17) is 9.52 Å². The summed E-state index contributed by atoms with van der Waals surface area (Å²) in [5.74, 6) is 0.470. The summed E-state index contributed by atoms with van der Waals surface area (Å²) in [4.78, 5) is 0. The van der Waals surface area contributed by atoms with Gasteiger partial charge in [-0.3, -0.25) is 0 Å². The van der Waals surface area contributed by atoms with Crippen LogP contribution < -0.4 is 5.32 Å². The third-order valence-electron chi connectivity index (χ3n) is 2.37. The van der Waals surface area contributed by atoms with E-state index in [-0.39, 0.29) is 12.6 Å². The molecular weight excluding hydrogens is 218 g/mol. The number of aromatic nitrogens is 2. The van der Waals surface area contributed by atoms with Crippen LogP contribution >= 0.6 is 0 Å². The van der Waals surface area contributed by atoms with Crippen LogP contribution in [0.25, 0.3) is 11.5 Å². The van der Waals surface area contributed by atoms with Gasteiger partial charge in [-0.2, -0.15) is 0 Å². The van der Waals surface area contributed by atoms with Gasteiger partial charge in [-0.25, -0.2) is 0 Å². The van der Waals surface area contributed by atoms with Gasteiger partial charge >= 0.3 is 6.01 Å². The SMILES string of the molecule is Cc1ccc(-c2nnc(N[C@H](C)CO)o2)cc1. The van der Waals surface area contributed by atoms with Crippen LogP contribution in [0.4, 0.5) is 6.01 Å². The van der Waals surface area contributed by atoms with E-state index in [1.807, 2.05) is 38.1 Å². The summed E-state index contributed by atoms with van der Waals surface area (Å²) >= 11 is 0. The Labute approximate surface area is 99.5 Å². The number of hydrogen-bond donors (Lipinski definition) is 2. The molecule has 2 aromatic rings. The normalized spacial score (nSPS) is 12.4. The summed E-state index contributed by atoms with van der Waals surface area (Å²) < 4.78 is 5.44. The Balaban J connectivity index is 2.15. The maximum absolute atomic E-state index is 8.90. The van der Waals surface area contributed by atoms with Gasteiger partial charge in [0.25, 0.3) is 0 Å². The van der Waals surface area contributed by atoms with Crippen LogP contribution in [0.1, 0.15) is 12.5 Å². The molecule has 0 aliphatic rings. The lowest BCUT2D eigenvalue weighted by Gasteiger charge is -2.06. The molecule has 5 heteroatoms. The van der Waals surface area contributed by atoms with Gasteiger partial charge < -0.3 is 14.8 Å². The number of nitrogens with one attached hydrogen (secondary N) is 1. The fourth-order valence-corrected chi connectivity index (χ4v) is 1.35. The monoisotopic (exact) mass is 233 g/mol. The predicted octanol–water partition coefficient (Wildman–Crippen LogP) is 1.84. The molecule has 17 heavy (non-hydrogen) atoms. The topological polar surface area (TPSA) is 71.2 Å². The smallest absolute Gasteiger partial charge is 0.316 e. The molecule has 5 nitrogen and oxygen atoms in total. The molecule has 0 saturated heterocycles. The van der Waals surface area contributed by atoms with Crippen molar-refractivity contribution >= 4 is 6.01 Å².